The van der Waals surface area contributed by atoms with Gasteiger partial charge < -0.3 is 26.6 Å². The molecule has 0 spiro atoms. The first-order valence-electron chi connectivity index (χ1n) is 9.84. The molecule has 0 amide bonds. The van der Waals surface area contributed by atoms with E-state index < -0.39 is 18.3 Å². The minimum atomic E-state index is -2.30. The van der Waals surface area contributed by atoms with Gasteiger partial charge in [-0.15, -0.1) is 6.58 Å². The quantitative estimate of drug-likeness (QED) is 0.310. The number of allylic oxidation sites excluding steroid dienone is 1. The van der Waals surface area contributed by atoms with Crippen LogP contribution in [0.2, 0.25) is 6.04 Å². The van der Waals surface area contributed by atoms with Gasteiger partial charge in [-0.2, -0.15) is 0 Å². The molecule has 0 saturated carbocycles. The van der Waals surface area contributed by atoms with E-state index in [4.69, 9.17) is 26.6 Å². The lowest BCUT2D eigenvalue weighted by atomic mass is 10.6. The largest absolute Gasteiger partial charge is 0.500 e. The zero-order chi connectivity index (χ0) is 20.7. The van der Waals surface area contributed by atoms with Gasteiger partial charge in [0.2, 0.25) is 0 Å². The van der Waals surface area contributed by atoms with Crippen molar-refractivity contribution in [2.75, 3.05) is 39.6 Å². The van der Waals surface area contributed by atoms with E-state index in [2.05, 4.69) is 13.5 Å². The van der Waals surface area contributed by atoms with Crippen LogP contribution in [0.3, 0.4) is 0 Å². The van der Waals surface area contributed by atoms with Crippen molar-refractivity contribution in [3.05, 3.63) is 12.7 Å². The van der Waals surface area contributed by atoms with E-state index in [1.807, 2.05) is 48.5 Å². The van der Waals surface area contributed by atoms with Crippen LogP contribution in [0.4, 0.5) is 0 Å². The van der Waals surface area contributed by atoms with Gasteiger partial charge in [0.15, 0.2) is 0 Å². The van der Waals surface area contributed by atoms with Gasteiger partial charge in [-0.1, -0.05) is 19.4 Å². The summed E-state index contributed by atoms with van der Waals surface area (Å²) >= 11 is 0. The molecule has 0 saturated heterocycles. The Hall–Kier alpha value is -0.0662. The van der Waals surface area contributed by atoms with E-state index in [0.717, 1.165) is 12.5 Å². The summed E-state index contributed by atoms with van der Waals surface area (Å²) in [6.07, 6.45) is 2.80. The summed E-state index contributed by atoms with van der Waals surface area (Å²) in [6, 6.07) is 0.919. The fourth-order valence-electron chi connectivity index (χ4n) is 1.86. The number of hydrogen-bond acceptors (Lipinski definition) is 6. The Balaban J connectivity index is -0.000000362. The minimum absolute atomic E-state index is 0.673. The third-order valence-electron chi connectivity index (χ3n) is 2.56. The zero-order valence-electron chi connectivity index (χ0n) is 18.5. The lowest BCUT2D eigenvalue weighted by molar-refractivity contribution is 0.0711. The molecular formula is C18H44O6Si2. The first-order valence-corrected chi connectivity index (χ1v) is 13.2. The van der Waals surface area contributed by atoms with Crippen molar-refractivity contribution in [1.29, 1.82) is 0 Å². The second-order valence-corrected chi connectivity index (χ2v) is 9.10. The van der Waals surface area contributed by atoms with Crippen molar-refractivity contribution < 1.29 is 26.6 Å². The van der Waals surface area contributed by atoms with Crippen LogP contribution in [-0.2, 0) is 26.6 Å². The zero-order valence-corrected chi connectivity index (χ0v) is 20.6. The lowest BCUT2D eigenvalue weighted by Crippen LogP contribution is -2.45. The molecule has 0 atom stereocenters. The van der Waals surface area contributed by atoms with Crippen molar-refractivity contribution in [2.24, 2.45) is 0 Å². The topological polar surface area (TPSA) is 55.4 Å². The van der Waals surface area contributed by atoms with Crippen LogP contribution in [-0.4, -0.2) is 58.0 Å². The number of rotatable bonds is 14. The monoisotopic (exact) mass is 412 g/mol. The lowest BCUT2D eigenvalue weighted by Gasteiger charge is -2.27. The van der Waals surface area contributed by atoms with Gasteiger partial charge in [-0.25, -0.2) is 0 Å². The fraction of sp³-hybridized carbons (Fsp3) is 0.889. The molecule has 0 rings (SSSR count). The highest BCUT2D eigenvalue weighted by Gasteiger charge is 2.38. The van der Waals surface area contributed by atoms with Gasteiger partial charge in [0.1, 0.15) is 0 Å². The molecular weight excluding hydrogens is 368 g/mol. The highest BCUT2D eigenvalue weighted by Crippen LogP contribution is 2.17. The Morgan fingerprint density at radius 2 is 1.00 bits per heavy atom. The highest BCUT2D eigenvalue weighted by molar-refractivity contribution is 6.60. The third-order valence-corrected chi connectivity index (χ3v) is 7.67. The Morgan fingerprint density at radius 3 is 1.19 bits per heavy atom. The number of hydrogen-bond donors (Lipinski definition) is 0. The average molecular weight is 413 g/mol. The van der Waals surface area contributed by atoms with E-state index in [1.165, 1.54) is 0 Å². The first kappa shape index (κ1) is 30.7. The summed E-state index contributed by atoms with van der Waals surface area (Å²) in [5, 5.41) is 0. The molecule has 0 fully saturated rings. The fourth-order valence-corrected chi connectivity index (χ4v) is 5.58. The standard InChI is InChI=1S/C9H22O3Si.C6H16O3Si.C3H6/c1-5-9-13(10-6-2,11-7-3)12-8-4;1-4-7-10(8-5-2)9-6-3;1-3-2/h5-9H2,1-4H3;10H,4-6H2,1-3H3;3H,1H2,2H3. The molecule has 0 radical (unpaired) electrons. The molecule has 6 nitrogen and oxygen atoms in total. The normalized spacial score (nSPS) is 10.7. The Kier molecular flexibility index (Phi) is 29.4. The Labute approximate surface area is 165 Å². The smallest absolute Gasteiger partial charge is 0.376 e. The summed E-state index contributed by atoms with van der Waals surface area (Å²) < 4.78 is 32.6. The van der Waals surface area contributed by atoms with Crippen LogP contribution in [0.15, 0.2) is 12.7 Å². The van der Waals surface area contributed by atoms with Crippen LogP contribution in [0, 0.1) is 0 Å². The van der Waals surface area contributed by atoms with Gasteiger partial charge >= 0.3 is 18.3 Å². The second-order valence-electron chi connectivity index (χ2n) is 4.79. The van der Waals surface area contributed by atoms with Crippen molar-refractivity contribution >= 4 is 18.3 Å². The van der Waals surface area contributed by atoms with Crippen molar-refractivity contribution in [3.8, 4) is 0 Å². The molecule has 0 aromatic carbocycles. The van der Waals surface area contributed by atoms with Gasteiger partial charge in [0, 0.05) is 45.7 Å². The maximum atomic E-state index is 5.65. The molecule has 160 valence electrons. The molecule has 26 heavy (non-hydrogen) atoms. The summed E-state index contributed by atoms with van der Waals surface area (Å²) in [5.41, 5.74) is 0. The predicted octanol–water partition coefficient (Wildman–Crippen LogP) is 4.45. The van der Waals surface area contributed by atoms with Crippen LogP contribution in [0.25, 0.3) is 0 Å². The van der Waals surface area contributed by atoms with Crippen molar-refractivity contribution in [1.82, 2.24) is 0 Å². The Morgan fingerprint density at radius 1 is 0.692 bits per heavy atom. The summed E-state index contributed by atoms with van der Waals surface area (Å²) in [4.78, 5) is 0. The van der Waals surface area contributed by atoms with E-state index >= 15 is 0 Å². The van der Waals surface area contributed by atoms with E-state index in [9.17, 15) is 0 Å². The minimum Gasteiger partial charge on any atom is -0.376 e. The van der Waals surface area contributed by atoms with Crippen LogP contribution >= 0.6 is 0 Å². The second kappa shape index (κ2) is 24.9. The molecule has 0 aromatic heterocycles. The van der Waals surface area contributed by atoms with Crippen LogP contribution < -0.4 is 0 Å². The highest BCUT2D eigenvalue weighted by atomic mass is 28.4. The van der Waals surface area contributed by atoms with Gasteiger partial charge in [0.05, 0.1) is 0 Å². The molecule has 0 aliphatic heterocycles. The molecule has 8 heteroatoms. The molecule has 0 aliphatic carbocycles. The molecule has 0 bridgehead atoms. The molecule has 0 unspecified atom stereocenters. The Bertz CT molecular complexity index is 226. The SMILES string of the molecule is C=CC.CCC[Si](OCC)(OCC)OCC.CCO[SiH](OCC)OCC. The van der Waals surface area contributed by atoms with Crippen molar-refractivity contribution in [2.45, 2.75) is 67.9 Å². The van der Waals surface area contributed by atoms with Crippen molar-refractivity contribution in [3.63, 3.8) is 0 Å². The van der Waals surface area contributed by atoms with E-state index in [-0.39, 0.29) is 0 Å². The maximum Gasteiger partial charge on any atom is 0.500 e. The molecule has 0 aromatic rings. The molecule has 0 N–H and O–H groups in total. The predicted molar refractivity (Wildman–Crippen MR) is 114 cm³/mol. The summed E-state index contributed by atoms with van der Waals surface area (Å²) in [6.45, 7) is 23.2. The van der Waals surface area contributed by atoms with E-state index in [0.29, 0.717) is 39.6 Å². The average Bonchev–Trinajstić information content (AvgIpc) is 2.58. The van der Waals surface area contributed by atoms with E-state index in [1.54, 1.807) is 6.08 Å². The molecule has 0 heterocycles. The van der Waals surface area contributed by atoms with Gasteiger partial charge in [-0.05, 0) is 48.5 Å². The first-order chi connectivity index (χ1) is 12.5. The van der Waals surface area contributed by atoms with Gasteiger partial charge in [0.25, 0.3) is 0 Å². The van der Waals surface area contributed by atoms with Crippen LogP contribution in [0.1, 0.15) is 61.8 Å². The maximum absolute atomic E-state index is 5.65. The third kappa shape index (κ3) is 20.2. The van der Waals surface area contributed by atoms with Gasteiger partial charge in [-0.3, -0.25) is 0 Å². The molecule has 0 aliphatic rings. The summed E-state index contributed by atoms with van der Waals surface area (Å²) in [7, 11) is -4.03. The summed E-state index contributed by atoms with van der Waals surface area (Å²) in [5.74, 6) is 0. The van der Waals surface area contributed by atoms with Crippen LogP contribution in [0.5, 0.6) is 0 Å².